The molecule has 2 aliphatic carbocycles. The van der Waals surface area contributed by atoms with E-state index in [-0.39, 0.29) is 0 Å². The normalized spacial score (nSPS) is 35.2. The minimum absolute atomic E-state index is 0.634. The van der Waals surface area contributed by atoms with E-state index >= 15 is 0 Å². The second-order valence-electron chi connectivity index (χ2n) is 6.66. The summed E-state index contributed by atoms with van der Waals surface area (Å²) in [5.41, 5.74) is 0.634. The van der Waals surface area contributed by atoms with Crippen molar-refractivity contribution in [2.24, 2.45) is 11.3 Å². The highest BCUT2D eigenvalue weighted by Gasteiger charge is 2.42. The fourth-order valence-electron chi connectivity index (χ4n) is 3.02. The van der Waals surface area contributed by atoms with Crippen molar-refractivity contribution in [3.63, 3.8) is 0 Å². The van der Waals surface area contributed by atoms with Gasteiger partial charge >= 0.3 is 0 Å². The van der Waals surface area contributed by atoms with E-state index in [0.29, 0.717) is 5.41 Å². The fraction of sp³-hybridized carbons (Fsp3) is 1.00. The lowest BCUT2D eigenvalue weighted by molar-refractivity contribution is 0.301. The highest BCUT2D eigenvalue weighted by atomic mass is 15.2. The first-order chi connectivity index (χ1) is 7.67. The van der Waals surface area contributed by atoms with E-state index in [1.54, 1.807) is 0 Å². The van der Waals surface area contributed by atoms with Gasteiger partial charge in [0.05, 0.1) is 0 Å². The molecule has 2 unspecified atom stereocenters. The van der Waals surface area contributed by atoms with Crippen molar-refractivity contribution in [2.45, 2.75) is 58.0 Å². The van der Waals surface area contributed by atoms with Crippen molar-refractivity contribution in [3.8, 4) is 0 Å². The van der Waals surface area contributed by atoms with Crippen LogP contribution in [0, 0.1) is 11.3 Å². The molecule has 2 saturated carbocycles. The Morgan fingerprint density at radius 2 is 2.06 bits per heavy atom. The average molecular weight is 222 g/mol. The van der Waals surface area contributed by atoms with Gasteiger partial charge in [0.1, 0.15) is 0 Å². The van der Waals surface area contributed by atoms with Gasteiger partial charge in [-0.1, -0.05) is 6.92 Å². The molecule has 92 valence electrons. The molecule has 0 aromatic carbocycles. The molecule has 1 aliphatic heterocycles. The van der Waals surface area contributed by atoms with Gasteiger partial charge in [0, 0.05) is 18.6 Å². The monoisotopic (exact) mass is 222 g/mol. The van der Waals surface area contributed by atoms with Gasteiger partial charge in [0.25, 0.3) is 0 Å². The summed E-state index contributed by atoms with van der Waals surface area (Å²) in [6.45, 7) is 8.78. The van der Waals surface area contributed by atoms with E-state index in [1.807, 2.05) is 0 Å². The van der Waals surface area contributed by atoms with Crippen LogP contribution >= 0.6 is 0 Å². The van der Waals surface area contributed by atoms with Gasteiger partial charge in [-0.15, -0.1) is 0 Å². The average Bonchev–Trinajstić information content (AvgIpc) is 3.19. The lowest BCUT2D eigenvalue weighted by atomic mass is 10.00. The van der Waals surface area contributed by atoms with Crippen LogP contribution in [0.25, 0.3) is 0 Å². The quantitative estimate of drug-likeness (QED) is 0.767. The summed E-state index contributed by atoms with van der Waals surface area (Å²) in [5, 5.41) is 3.78. The maximum absolute atomic E-state index is 3.78. The summed E-state index contributed by atoms with van der Waals surface area (Å²) in [6, 6.07) is 1.70. The van der Waals surface area contributed by atoms with Crippen LogP contribution in [0.1, 0.15) is 46.0 Å². The van der Waals surface area contributed by atoms with Crippen molar-refractivity contribution in [2.75, 3.05) is 19.6 Å². The van der Waals surface area contributed by atoms with E-state index < -0.39 is 0 Å². The Bertz CT molecular complexity index is 255. The number of hydrogen-bond acceptors (Lipinski definition) is 2. The van der Waals surface area contributed by atoms with Crippen molar-refractivity contribution in [1.82, 2.24) is 10.2 Å². The molecule has 1 heterocycles. The molecule has 1 N–H and O–H groups in total. The zero-order valence-corrected chi connectivity index (χ0v) is 10.8. The Kier molecular flexibility index (Phi) is 2.75. The molecule has 0 bridgehead atoms. The Morgan fingerprint density at radius 3 is 2.69 bits per heavy atom. The van der Waals surface area contributed by atoms with Crippen molar-refractivity contribution < 1.29 is 0 Å². The number of likely N-dealkylation sites (tertiary alicyclic amines) is 1. The molecule has 3 aliphatic rings. The van der Waals surface area contributed by atoms with Crippen LogP contribution in [0.2, 0.25) is 0 Å². The van der Waals surface area contributed by atoms with Crippen LogP contribution in [-0.2, 0) is 0 Å². The van der Waals surface area contributed by atoms with Crippen LogP contribution in [0.3, 0.4) is 0 Å². The SMILES string of the molecule is CC(NCC1CCN(C2CC2)C1)C1(C)CC1. The number of hydrogen-bond donors (Lipinski definition) is 1. The largest absolute Gasteiger partial charge is 0.313 e. The van der Waals surface area contributed by atoms with Gasteiger partial charge in [-0.25, -0.2) is 0 Å². The third-order valence-electron chi connectivity index (χ3n) is 5.18. The van der Waals surface area contributed by atoms with E-state index in [1.165, 1.54) is 51.7 Å². The number of rotatable bonds is 5. The summed E-state index contributed by atoms with van der Waals surface area (Å²) >= 11 is 0. The minimum Gasteiger partial charge on any atom is -0.313 e. The highest BCUT2D eigenvalue weighted by Crippen LogP contribution is 2.48. The third-order valence-corrected chi connectivity index (χ3v) is 5.18. The Hall–Kier alpha value is -0.0800. The van der Waals surface area contributed by atoms with Crippen LogP contribution < -0.4 is 5.32 Å². The molecule has 0 aromatic heterocycles. The van der Waals surface area contributed by atoms with Crippen LogP contribution in [-0.4, -0.2) is 36.6 Å². The van der Waals surface area contributed by atoms with Crippen molar-refractivity contribution >= 4 is 0 Å². The van der Waals surface area contributed by atoms with Crippen molar-refractivity contribution in [3.05, 3.63) is 0 Å². The number of nitrogens with zero attached hydrogens (tertiary/aromatic N) is 1. The first kappa shape index (κ1) is 11.0. The maximum Gasteiger partial charge on any atom is 0.00965 e. The molecule has 3 fully saturated rings. The molecule has 1 saturated heterocycles. The molecular formula is C14H26N2. The second-order valence-corrected chi connectivity index (χ2v) is 6.66. The van der Waals surface area contributed by atoms with E-state index in [4.69, 9.17) is 0 Å². The first-order valence-electron chi connectivity index (χ1n) is 7.15. The topological polar surface area (TPSA) is 15.3 Å². The van der Waals surface area contributed by atoms with Gasteiger partial charge in [0.15, 0.2) is 0 Å². The molecule has 0 aromatic rings. The Labute approximate surface area is 99.8 Å². The van der Waals surface area contributed by atoms with Gasteiger partial charge in [-0.05, 0) is 63.5 Å². The molecule has 16 heavy (non-hydrogen) atoms. The molecular weight excluding hydrogens is 196 g/mol. The summed E-state index contributed by atoms with van der Waals surface area (Å²) in [4.78, 5) is 2.72. The molecule has 2 heteroatoms. The zero-order chi connectivity index (χ0) is 11.2. The molecule has 0 amide bonds. The molecule has 2 nitrogen and oxygen atoms in total. The molecule has 2 atom stereocenters. The van der Waals surface area contributed by atoms with Gasteiger partial charge in [-0.3, -0.25) is 0 Å². The third kappa shape index (κ3) is 2.28. The van der Waals surface area contributed by atoms with Gasteiger partial charge in [0.2, 0.25) is 0 Å². The van der Waals surface area contributed by atoms with Crippen LogP contribution in [0.5, 0.6) is 0 Å². The standard InChI is InChI=1S/C14H26N2/c1-11(14(2)6-7-14)15-9-12-5-8-16(10-12)13-3-4-13/h11-13,15H,3-10H2,1-2H3. The van der Waals surface area contributed by atoms with Gasteiger partial charge < -0.3 is 10.2 Å². The van der Waals surface area contributed by atoms with Gasteiger partial charge in [-0.2, -0.15) is 0 Å². The van der Waals surface area contributed by atoms with E-state index in [9.17, 15) is 0 Å². The van der Waals surface area contributed by atoms with E-state index in [2.05, 4.69) is 24.1 Å². The van der Waals surface area contributed by atoms with E-state index in [0.717, 1.165) is 18.0 Å². The lowest BCUT2D eigenvalue weighted by Crippen LogP contribution is -2.37. The summed E-state index contributed by atoms with van der Waals surface area (Å²) in [6.07, 6.45) is 7.22. The number of nitrogens with one attached hydrogen (secondary N) is 1. The fourth-order valence-corrected chi connectivity index (χ4v) is 3.02. The predicted octanol–water partition coefficient (Wildman–Crippen LogP) is 2.25. The summed E-state index contributed by atoms with van der Waals surface area (Å²) in [7, 11) is 0. The molecule has 3 rings (SSSR count). The van der Waals surface area contributed by atoms with Crippen LogP contribution in [0.15, 0.2) is 0 Å². The first-order valence-corrected chi connectivity index (χ1v) is 7.15. The molecule has 0 spiro atoms. The smallest absolute Gasteiger partial charge is 0.00965 e. The van der Waals surface area contributed by atoms with Crippen molar-refractivity contribution in [1.29, 1.82) is 0 Å². The Balaban J connectivity index is 1.39. The Morgan fingerprint density at radius 1 is 1.31 bits per heavy atom. The summed E-state index contributed by atoms with van der Waals surface area (Å²) in [5.74, 6) is 0.922. The highest BCUT2D eigenvalue weighted by molar-refractivity contribution is 4.97. The second kappa shape index (κ2) is 3.99. The van der Waals surface area contributed by atoms with Crippen LogP contribution in [0.4, 0.5) is 0 Å². The maximum atomic E-state index is 3.78. The zero-order valence-electron chi connectivity index (χ0n) is 10.8. The summed E-state index contributed by atoms with van der Waals surface area (Å²) < 4.78 is 0. The minimum atomic E-state index is 0.634. The molecule has 0 radical (unpaired) electrons. The predicted molar refractivity (Wildman–Crippen MR) is 67.5 cm³/mol. The lowest BCUT2D eigenvalue weighted by Gasteiger charge is -2.22.